The lowest BCUT2D eigenvalue weighted by molar-refractivity contribution is 0.0865. The van der Waals surface area contributed by atoms with Gasteiger partial charge in [-0.1, -0.05) is 35.3 Å². The van der Waals surface area contributed by atoms with E-state index in [0.29, 0.717) is 5.56 Å². The van der Waals surface area contributed by atoms with E-state index in [2.05, 4.69) is 4.98 Å². The zero-order valence-corrected chi connectivity index (χ0v) is 12.8. The Kier molecular flexibility index (Phi) is 3.39. The number of nitrogens with zero attached hydrogens (tertiary/aromatic N) is 2. The van der Waals surface area contributed by atoms with Crippen molar-refractivity contribution >= 4 is 39.1 Å². The molecule has 0 saturated heterocycles. The van der Waals surface area contributed by atoms with Crippen molar-refractivity contribution in [3.05, 3.63) is 57.8 Å². The van der Waals surface area contributed by atoms with Gasteiger partial charge in [0.1, 0.15) is 15.2 Å². The largest absolute Gasteiger partial charge is 0.269 e. The van der Waals surface area contributed by atoms with Gasteiger partial charge in [-0.2, -0.15) is 0 Å². The quantitative estimate of drug-likeness (QED) is 0.787. The van der Waals surface area contributed by atoms with Crippen LogP contribution in [-0.2, 0) is 16.6 Å². The molecule has 0 fully saturated rings. The highest BCUT2D eigenvalue weighted by Crippen LogP contribution is 2.31. The summed E-state index contributed by atoms with van der Waals surface area (Å²) < 4.78 is 25.6. The molecule has 0 atom stereocenters. The van der Waals surface area contributed by atoms with Crippen LogP contribution in [0.3, 0.4) is 0 Å². The van der Waals surface area contributed by atoms with Gasteiger partial charge >= 0.3 is 0 Å². The maximum absolute atomic E-state index is 12.4. The van der Waals surface area contributed by atoms with Crippen molar-refractivity contribution in [1.82, 2.24) is 9.29 Å². The van der Waals surface area contributed by atoms with Crippen LogP contribution in [0.4, 0.5) is 0 Å². The first-order chi connectivity index (χ1) is 9.89. The van der Waals surface area contributed by atoms with E-state index in [1.807, 2.05) is 0 Å². The summed E-state index contributed by atoms with van der Waals surface area (Å²) in [4.78, 5) is 16.0. The molecule has 0 saturated carbocycles. The third kappa shape index (κ3) is 2.39. The van der Waals surface area contributed by atoms with E-state index in [4.69, 9.17) is 23.2 Å². The third-order valence-electron chi connectivity index (χ3n) is 3.06. The topological polar surface area (TPSA) is 67.3 Å². The monoisotopic (exact) mass is 342 g/mol. The molecule has 0 unspecified atom stereocenters. The van der Waals surface area contributed by atoms with Crippen molar-refractivity contribution in [2.75, 3.05) is 0 Å². The Bertz CT molecular complexity index is 832. The fraction of sp³-hybridized carbons (Fsp3) is 0.0769. The summed E-state index contributed by atoms with van der Waals surface area (Å²) in [5.41, 5.74) is 0.661. The maximum atomic E-state index is 12.4. The van der Waals surface area contributed by atoms with Crippen LogP contribution in [0, 0.1) is 0 Å². The van der Waals surface area contributed by atoms with E-state index in [-0.39, 0.29) is 27.3 Å². The van der Waals surface area contributed by atoms with Crippen LogP contribution in [0.5, 0.6) is 0 Å². The summed E-state index contributed by atoms with van der Waals surface area (Å²) in [6.45, 7) is -0.141. The minimum atomic E-state index is -3.84. The molecule has 0 aliphatic carbocycles. The van der Waals surface area contributed by atoms with Crippen molar-refractivity contribution in [3.63, 3.8) is 0 Å². The Morgan fingerprint density at radius 3 is 2.33 bits per heavy atom. The number of rotatable bonds is 2. The molecule has 5 nitrogen and oxygen atoms in total. The summed E-state index contributed by atoms with van der Waals surface area (Å²) in [5.74, 6) is -0.561. The molecule has 1 amide bonds. The molecule has 3 rings (SSSR count). The van der Waals surface area contributed by atoms with E-state index >= 15 is 0 Å². The Balaban J connectivity index is 2.03. The number of carbonyl (C=O) groups is 1. The second kappa shape index (κ2) is 4.98. The standard InChI is InChI=1S/C13H8Cl2N2O3S/c14-11-5-8(6-12(15)16-11)7-17-13(18)9-3-1-2-4-10(9)21(17,19)20/h1-6H,7H2. The Labute approximate surface area is 131 Å². The highest BCUT2D eigenvalue weighted by molar-refractivity contribution is 7.90. The second-order valence-electron chi connectivity index (χ2n) is 4.43. The molecule has 0 spiro atoms. The molecule has 0 radical (unpaired) electrons. The van der Waals surface area contributed by atoms with Crippen molar-refractivity contribution < 1.29 is 13.2 Å². The fourth-order valence-electron chi connectivity index (χ4n) is 2.16. The summed E-state index contributed by atoms with van der Waals surface area (Å²) in [6.07, 6.45) is 0. The van der Waals surface area contributed by atoms with Crippen LogP contribution >= 0.6 is 23.2 Å². The first kappa shape index (κ1) is 14.3. The highest BCUT2D eigenvalue weighted by atomic mass is 35.5. The third-order valence-corrected chi connectivity index (χ3v) is 5.24. The molecular formula is C13H8Cl2N2O3S. The lowest BCUT2D eigenvalue weighted by Gasteiger charge is -2.15. The van der Waals surface area contributed by atoms with Gasteiger partial charge < -0.3 is 0 Å². The molecule has 2 heterocycles. The molecule has 1 aromatic carbocycles. The molecule has 1 aliphatic heterocycles. The van der Waals surface area contributed by atoms with Gasteiger partial charge in [0.2, 0.25) is 0 Å². The van der Waals surface area contributed by atoms with E-state index in [1.54, 1.807) is 12.1 Å². The molecule has 0 N–H and O–H groups in total. The molecule has 2 aromatic rings. The van der Waals surface area contributed by atoms with Gasteiger partial charge in [-0.15, -0.1) is 0 Å². The predicted molar refractivity (Wildman–Crippen MR) is 77.8 cm³/mol. The molecule has 1 aromatic heterocycles. The van der Waals surface area contributed by atoms with Crippen LogP contribution in [0.15, 0.2) is 41.3 Å². The van der Waals surface area contributed by atoms with Crippen molar-refractivity contribution in [2.45, 2.75) is 11.4 Å². The first-order valence-electron chi connectivity index (χ1n) is 5.87. The van der Waals surface area contributed by atoms with Gasteiger partial charge in [-0.25, -0.2) is 17.7 Å². The SMILES string of the molecule is O=C1c2ccccc2S(=O)(=O)N1Cc1cc(Cl)nc(Cl)c1. The van der Waals surface area contributed by atoms with Gasteiger partial charge in [0.25, 0.3) is 15.9 Å². The number of sulfonamides is 1. The number of halogens is 2. The van der Waals surface area contributed by atoms with Crippen LogP contribution in [0.1, 0.15) is 15.9 Å². The first-order valence-corrected chi connectivity index (χ1v) is 8.07. The summed E-state index contributed by atoms with van der Waals surface area (Å²) in [7, 11) is -3.84. The van der Waals surface area contributed by atoms with E-state index in [1.165, 1.54) is 24.3 Å². The van der Waals surface area contributed by atoms with Crippen LogP contribution < -0.4 is 0 Å². The second-order valence-corrected chi connectivity index (χ2v) is 7.04. The molecule has 108 valence electrons. The Morgan fingerprint density at radius 1 is 1.10 bits per heavy atom. The zero-order chi connectivity index (χ0) is 15.2. The molecule has 21 heavy (non-hydrogen) atoms. The van der Waals surface area contributed by atoms with Crippen LogP contribution in [-0.4, -0.2) is 23.6 Å². The van der Waals surface area contributed by atoms with Crippen molar-refractivity contribution in [1.29, 1.82) is 0 Å². The smallest absolute Gasteiger partial charge is 0.268 e. The number of amides is 1. The van der Waals surface area contributed by atoms with E-state index in [9.17, 15) is 13.2 Å². The number of benzene rings is 1. The van der Waals surface area contributed by atoms with Gasteiger partial charge in [-0.3, -0.25) is 4.79 Å². The number of hydrogen-bond acceptors (Lipinski definition) is 4. The minimum absolute atomic E-state index is 0.0150. The maximum Gasteiger partial charge on any atom is 0.269 e. The summed E-state index contributed by atoms with van der Waals surface area (Å²) >= 11 is 11.6. The summed E-state index contributed by atoms with van der Waals surface area (Å²) in [6, 6.07) is 9.04. The Hall–Kier alpha value is -1.63. The van der Waals surface area contributed by atoms with Gasteiger partial charge in [0.15, 0.2) is 0 Å². The lowest BCUT2D eigenvalue weighted by atomic mass is 10.2. The number of pyridine rings is 1. The lowest BCUT2D eigenvalue weighted by Crippen LogP contribution is -2.29. The average Bonchev–Trinajstić information content (AvgIpc) is 2.60. The van der Waals surface area contributed by atoms with Gasteiger partial charge in [-0.05, 0) is 29.8 Å². The molecule has 8 heteroatoms. The van der Waals surface area contributed by atoms with Crippen molar-refractivity contribution in [2.24, 2.45) is 0 Å². The summed E-state index contributed by atoms with van der Waals surface area (Å²) in [5, 5.41) is 0.276. The van der Waals surface area contributed by atoms with Gasteiger partial charge in [0, 0.05) is 0 Å². The number of aromatic nitrogens is 1. The minimum Gasteiger partial charge on any atom is -0.268 e. The van der Waals surface area contributed by atoms with Crippen LogP contribution in [0.2, 0.25) is 10.3 Å². The van der Waals surface area contributed by atoms with E-state index in [0.717, 1.165) is 4.31 Å². The number of hydrogen-bond donors (Lipinski definition) is 0. The number of carbonyl (C=O) groups excluding carboxylic acids is 1. The van der Waals surface area contributed by atoms with Crippen molar-refractivity contribution in [3.8, 4) is 0 Å². The van der Waals surface area contributed by atoms with E-state index < -0.39 is 15.9 Å². The zero-order valence-electron chi connectivity index (χ0n) is 10.5. The average molecular weight is 343 g/mol. The highest BCUT2D eigenvalue weighted by Gasteiger charge is 2.40. The predicted octanol–water partition coefficient (Wildman–Crippen LogP) is 2.73. The molecular weight excluding hydrogens is 335 g/mol. The van der Waals surface area contributed by atoms with Gasteiger partial charge in [0.05, 0.1) is 12.1 Å². The Morgan fingerprint density at radius 2 is 1.71 bits per heavy atom. The number of fused-ring (bicyclic) bond motifs is 1. The normalized spacial score (nSPS) is 16.1. The molecule has 0 bridgehead atoms. The molecule has 1 aliphatic rings. The van der Waals surface area contributed by atoms with Crippen LogP contribution in [0.25, 0.3) is 0 Å². The fourth-order valence-corrected chi connectivity index (χ4v) is 4.22.